The van der Waals surface area contributed by atoms with Gasteiger partial charge in [0.15, 0.2) is 5.69 Å². The van der Waals surface area contributed by atoms with Crippen LogP contribution in [0.1, 0.15) is 76.0 Å². The smallest absolute Gasteiger partial charge is 0.241 e. The van der Waals surface area contributed by atoms with Crippen LogP contribution < -0.4 is 0 Å². The van der Waals surface area contributed by atoms with E-state index in [1.165, 1.54) is 6.20 Å². The van der Waals surface area contributed by atoms with Crippen LogP contribution in [0.25, 0.3) is 0 Å². The largest absolute Gasteiger partial charge is 0.435 e. The third-order valence-electron chi connectivity index (χ3n) is 3.20. The van der Waals surface area contributed by atoms with Gasteiger partial charge in [-0.1, -0.05) is 41.5 Å². The molecule has 0 amide bonds. The van der Waals surface area contributed by atoms with Crippen LogP contribution in [-0.2, 0) is 12.4 Å². The lowest BCUT2D eigenvalue weighted by Gasteiger charge is -2.08. The van der Waals surface area contributed by atoms with Crippen molar-refractivity contribution >= 4 is 0 Å². The summed E-state index contributed by atoms with van der Waals surface area (Å²) in [6.45, 7) is 11.2. The Hall–Kier alpha value is -2.26. The first-order valence-electron chi connectivity index (χ1n) is 8.61. The Balaban J connectivity index is 0.000000478. The molecule has 0 radical (unpaired) electrons. The van der Waals surface area contributed by atoms with Crippen LogP contribution in [0.3, 0.4) is 0 Å². The van der Waals surface area contributed by atoms with Gasteiger partial charge in [-0.05, 0) is 29.5 Å². The van der Waals surface area contributed by atoms with Crippen LogP contribution in [0, 0.1) is 0 Å². The van der Waals surface area contributed by atoms with E-state index in [2.05, 4.69) is 20.2 Å². The van der Waals surface area contributed by atoms with Crippen molar-refractivity contribution in [2.24, 2.45) is 0 Å². The third-order valence-corrected chi connectivity index (χ3v) is 3.20. The number of aromatic nitrogens is 4. The second-order valence-electron chi connectivity index (χ2n) is 6.01. The molecular weight excluding hydrogens is 386 g/mol. The van der Waals surface area contributed by atoms with E-state index in [9.17, 15) is 26.3 Å². The molecule has 0 unspecified atom stereocenters. The van der Waals surface area contributed by atoms with Crippen molar-refractivity contribution in [1.29, 1.82) is 0 Å². The van der Waals surface area contributed by atoms with Gasteiger partial charge in [0, 0.05) is 5.69 Å². The van der Waals surface area contributed by atoms with Crippen LogP contribution >= 0.6 is 0 Å². The molecule has 0 spiro atoms. The van der Waals surface area contributed by atoms with Crippen molar-refractivity contribution in [1.82, 2.24) is 20.2 Å². The Labute approximate surface area is 160 Å². The van der Waals surface area contributed by atoms with Crippen LogP contribution in [0.15, 0.2) is 24.7 Å². The van der Waals surface area contributed by atoms with E-state index >= 15 is 0 Å². The van der Waals surface area contributed by atoms with E-state index in [4.69, 9.17) is 0 Å². The van der Waals surface area contributed by atoms with Crippen molar-refractivity contribution < 1.29 is 26.3 Å². The molecule has 28 heavy (non-hydrogen) atoms. The average Bonchev–Trinajstić information content (AvgIpc) is 2.62. The van der Waals surface area contributed by atoms with Crippen LogP contribution in [0.5, 0.6) is 0 Å². The monoisotopic (exact) mass is 410 g/mol. The summed E-state index contributed by atoms with van der Waals surface area (Å²) in [4.78, 5) is 6.90. The van der Waals surface area contributed by atoms with Crippen molar-refractivity contribution in [2.45, 2.75) is 65.7 Å². The van der Waals surface area contributed by atoms with Crippen LogP contribution in [-0.4, -0.2) is 20.2 Å². The molecule has 0 saturated heterocycles. The van der Waals surface area contributed by atoms with Crippen molar-refractivity contribution in [2.75, 3.05) is 0 Å². The van der Waals surface area contributed by atoms with Gasteiger partial charge in [0.2, 0.25) is 0 Å². The van der Waals surface area contributed by atoms with Gasteiger partial charge in [0.05, 0.1) is 6.20 Å². The number of nitrogens with zero attached hydrogens (tertiary/aromatic N) is 4. The van der Waals surface area contributed by atoms with Crippen molar-refractivity contribution in [3.05, 3.63) is 47.3 Å². The molecule has 2 aromatic heterocycles. The predicted octanol–water partition coefficient (Wildman–Crippen LogP) is 6.26. The molecule has 158 valence electrons. The normalized spacial score (nSPS) is 11.5. The van der Waals surface area contributed by atoms with Gasteiger partial charge >= 0.3 is 12.4 Å². The molecule has 0 aromatic carbocycles. The maximum absolute atomic E-state index is 12.1. The fraction of sp³-hybridized carbons (Fsp3) is 0.556. The number of halogens is 6. The maximum Gasteiger partial charge on any atom is 0.435 e. The third kappa shape index (κ3) is 8.62. The number of hydrogen-bond acceptors (Lipinski definition) is 4. The molecule has 2 heterocycles. The van der Waals surface area contributed by atoms with Gasteiger partial charge in [-0.15, -0.1) is 5.10 Å². The fourth-order valence-corrected chi connectivity index (χ4v) is 1.68. The minimum atomic E-state index is -4.40. The Kier molecular flexibility index (Phi) is 10.0. The predicted molar refractivity (Wildman–Crippen MR) is 93.6 cm³/mol. The van der Waals surface area contributed by atoms with Gasteiger partial charge in [0.25, 0.3) is 0 Å². The van der Waals surface area contributed by atoms with Crippen LogP contribution in [0.4, 0.5) is 26.3 Å². The van der Waals surface area contributed by atoms with E-state index in [1.54, 1.807) is 27.7 Å². The molecule has 0 aliphatic heterocycles. The lowest BCUT2D eigenvalue weighted by atomic mass is 10.1. The Bertz CT molecular complexity index is 650. The molecule has 0 saturated carbocycles. The summed E-state index contributed by atoms with van der Waals surface area (Å²) in [6.07, 6.45) is -6.50. The lowest BCUT2D eigenvalue weighted by Crippen LogP contribution is -2.10. The fourth-order valence-electron chi connectivity index (χ4n) is 1.68. The molecule has 0 aliphatic rings. The molecule has 0 atom stereocenters. The lowest BCUT2D eigenvalue weighted by molar-refractivity contribution is -0.142. The zero-order chi connectivity index (χ0) is 22.1. The topological polar surface area (TPSA) is 51.6 Å². The zero-order valence-corrected chi connectivity index (χ0v) is 16.5. The highest BCUT2D eigenvalue weighted by atomic mass is 19.4. The molecule has 2 aromatic rings. The molecular formula is C18H24F6N4. The molecule has 0 bridgehead atoms. The van der Waals surface area contributed by atoms with E-state index in [0.29, 0.717) is 11.3 Å². The second kappa shape index (κ2) is 10.9. The first-order valence-corrected chi connectivity index (χ1v) is 8.61. The van der Waals surface area contributed by atoms with Gasteiger partial charge in [-0.3, -0.25) is 0 Å². The molecule has 0 fully saturated rings. The second-order valence-corrected chi connectivity index (χ2v) is 6.01. The van der Waals surface area contributed by atoms with Gasteiger partial charge in [0.1, 0.15) is 12.0 Å². The first-order chi connectivity index (χ1) is 12.8. The van der Waals surface area contributed by atoms with Crippen molar-refractivity contribution in [3.8, 4) is 0 Å². The molecule has 0 N–H and O–H groups in total. The highest BCUT2D eigenvalue weighted by Crippen LogP contribution is 2.29. The summed E-state index contributed by atoms with van der Waals surface area (Å²) in [5.41, 5.74) is -0.866. The summed E-state index contributed by atoms with van der Waals surface area (Å²) >= 11 is 0. The SMILES string of the molecule is CC.CC(C)c1cc(C(F)(F)F)ncn1.CC(C)c1cnnc(C(F)(F)F)c1. The van der Waals surface area contributed by atoms with E-state index < -0.39 is 23.7 Å². The standard InChI is InChI=1S/2C8H9F3N2.C2H6/c1-5(2)6-3-7(8(9,10)11)13-4-12-6;1-5(2)6-3-7(8(9,10)11)13-12-4-6;1-2/h2*3-5H,1-2H3;1-2H3. The maximum atomic E-state index is 12.1. The number of hydrogen-bond donors (Lipinski definition) is 0. The molecule has 0 aliphatic carbocycles. The summed E-state index contributed by atoms with van der Waals surface area (Å²) in [7, 11) is 0. The van der Waals surface area contributed by atoms with Gasteiger partial charge < -0.3 is 0 Å². The highest BCUT2D eigenvalue weighted by Gasteiger charge is 2.33. The molecule has 2 rings (SSSR count). The molecule has 4 nitrogen and oxygen atoms in total. The zero-order valence-electron chi connectivity index (χ0n) is 16.5. The summed E-state index contributed by atoms with van der Waals surface area (Å²) in [5.74, 6) is 0.000648. The quantitative estimate of drug-likeness (QED) is 0.548. The Morgan fingerprint density at radius 2 is 1.29 bits per heavy atom. The van der Waals surface area contributed by atoms with E-state index in [1.807, 2.05) is 13.8 Å². The minimum absolute atomic E-state index is 0.0240. The summed E-state index contributed by atoms with van der Waals surface area (Å²) in [6, 6.07) is 2.00. The Morgan fingerprint density at radius 3 is 1.71 bits per heavy atom. The minimum Gasteiger partial charge on any atom is -0.241 e. The summed E-state index contributed by atoms with van der Waals surface area (Å²) < 4.78 is 72.8. The number of rotatable bonds is 2. The Morgan fingerprint density at radius 1 is 0.750 bits per heavy atom. The number of alkyl halides is 6. The average molecular weight is 410 g/mol. The first kappa shape index (κ1) is 25.7. The van der Waals surface area contributed by atoms with Crippen LogP contribution in [0.2, 0.25) is 0 Å². The van der Waals surface area contributed by atoms with Crippen molar-refractivity contribution in [3.63, 3.8) is 0 Å². The highest BCUT2D eigenvalue weighted by molar-refractivity contribution is 5.17. The van der Waals surface area contributed by atoms with Gasteiger partial charge in [-0.2, -0.15) is 31.4 Å². The van der Waals surface area contributed by atoms with Gasteiger partial charge in [-0.25, -0.2) is 9.97 Å². The molecule has 10 heteroatoms. The van der Waals surface area contributed by atoms with E-state index in [-0.39, 0.29) is 11.8 Å². The van der Waals surface area contributed by atoms with E-state index in [0.717, 1.165) is 18.5 Å². The summed E-state index contributed by atoms with van der Waals surface area (Å²) in [5, 5.41) is 6.32.